The molecule has 41 heavy (non-hydrogen) atoms. The van der Waals surface area contributed by atoms with Crippen molar-refractivity contribution in [1.29, 1.82) is 0 Å². The summed E-state index contributed by atoms with van der Waals surface area (Å²) < 4.78 is 2.70. The largest absolute Gasteiger partial charge is 0.326 e. The van der Waals surface area contributed by atoms with Gasteiger partial charge in [0.1, 0.15) is 5.54 Å². The lowest BCUT2D eigenvalue weighted by Crippen LogP contribution is -2.60. The van der Waals surface area contributed by atoms with Gasteiger partial charge in [0, 0.05) is 21.9 Å². The van der Waals surface area contributed by atoms with Crippen molar-refractivity contribution < 1.29 is 0 Å². The SMILES string of the molecule is c1ccc(-c2nc(-c3ccccc3)nc(C3(n4c5ccccc5c5ccccc54)C4CC5CC(C4)CC3C5)n2)cc1. The van der Waals surface area contributed by atoms with Gasteiger partial charge in [-0.05, 0) is 67.9 Å². The molecular formula is C37H32N4. The molecule has 2 heterocycles. The number of fused-ring (bicyclic) bond motifs is 3. The van der Waals surface area contributed by atoms with Crippen LogP contribution in [0.3, 0.4) is 0 Å². The van der Waals surface area contributed by atoms with Crippen LogP contribution in [-0.4, -0.2) is 19.5 Å². The Kier molecular flexibility index (Phi) is 5.05. The topological polar surface area (TPSA) is 43.6 Å². The van der Waals surface area contributed by atoms with Gasteiger partial charge in [-0.2, -0.15) is 0 Å². The highest BCUT2D eigenvalue weighted by molar-refractivity contribution is 6.08. The van der Waals surface area contributed by atoms with Gasteiger partial charge in [-0.3, -0.25) is 0 Å². The summed E-state index contributed by atoms with van der Waals surface area (Å²) in [6, 6.07) is 38.9. The first-order chi connectivity index (χ1) is 20.3. The van der Waals surface area contributed by atoms with E-state index in [9.17, 15) is 0 Å². The maximum absolute atomic E-state index is 5.47. The molecule has 0 aliphatic heterocycles. The predicted molar refractivity (Wildman–Crippen MR) is 164 cm³/mol. The normalized spacial score (nSPS) is 26.6. The Hall–Kier alpha value is -4.31. The molecule has 2 aromatic heterocycles. The van der Waals surface area contributed by atoms with Gasteiger partial charge in [0.2, 0.25) is 0 Å². The fourth-order valence-corrected chi connectivity index (χ4v) is 9.04. The molecule has 4 saturated carbocycles. The van der Waals surface area contributed by atoms with Gasteiger partial charge in [0.05, 0.1) is 11.0 Å². The number of hydrogen-bond donors (Lipinski definition) is 0. The zero-order valence-corrected chi connectivity index (χ0v) is 23.0. The van der Waals surface area contributed by atoms with Gasteiger partial charge in [-0.15, -0.1) is 0 Å². The number of hydrogen-bond acceptors (Lipinski definition) is 3. The minimum Gasteiger partial charge on any atom is -0.326 e. The average molecular weight is 533 g/mol. The highest BCUT2D eigenvalue weighted by Crippen LogP contribution is 2.64. The third kappa shape index (κ3) is 3.37. The molecule has 0 spiro atoms. The van der Waals surface area contributed by atoms with E-state index in [1.165, 1.54) is 53.9 Å². The summed E-state index contributed by atoms with van der Waals surface area (Å²) in [6.07, 6.45) is 6.40. The van der Waals surface area contributed by atoms with Gasteiger partial charge in [-0.1, -0.05) is 97.1 Å². The van der Waals surface area contributed by atoms with Crippen molar-refractivity contribution in [3.63, 3.8) is 0 Å². The number of nitrogens with zero attached hydrogens (tertiary/aromatic N) is 4. The highest BCUT2D eigenvalue weighted by atomic mass is 15.2. The highest BCUT2D eigenvalue weighted by Gasteiger charge is 2.61. The summed E-state index contributed by atoms with van der Waals surface area (Å²) in [5.41, 5.74) is 4.34. The molecular weight excluding hydrogens is 500 g/mol. The minimum absolute atomic E-state index is 0.327. The summed E-state index contributed by atoms with van der Waals surface area (Å²) in [5.74, 6) is 5.11. The minimum atomic E-state index is -0.327. The van der Waals surface area contributed by atoms with Crippen molar-refractivity contribution in [2.75, 3.05) is 0 Å². The Morgan fingerprint density at radius 2 is 0.927 bits per heavy atom. The van der Waals surface area contributed by atoms with Crippen molar-refractivity contribution in [3.05, 3.63) is 115 Å². The van der Waals surface area contributed by atoms with Crippen LogP contribution in [0.25, 0.3) is 44.6 Å². The van der Waals surface area contributed by atoms with Crippen LogP contribution >= 0.6 is 0 Å². The number of benzene rings is 4. The van der Waals surface area contributed by atoms with Crippen molar-refractivity contribution in [1.82, 2.24) is 19.5 Å². The lowest BCUT2D eigenvalue weighted by atomic mass is 9.48. The molecule has 6 aromatic rings. The zero-order valence-electron chi connectivity index (χ0n) is 23.0. The summed E-state index contributed by atoms with van der Waals surface area (Å²) in [4.78, 5) is 16.0. The van der Waals surface area contributed by atoms with E-state index in [1.54, 1.807) is 0 Å². The Morgan fingerprint density at radius 1 is 0.488 bits per heavy atom. The van der Waals surface area contributed by atoms with Crippen molar-refractivity contribution in [2.24, 2.45) is 23.7 Å². The Labute approximate surface area is 240 Å². The van der Waals surface area contributed by atoms with Crippen LogP contribution in [0.15, 0.2) is 109 Å². The average Bonchev–Trinajstić information content (AvgIpc) is 3.36. The molecule has 0 radical (unpaired) electrons. The van der Waals surface area contributed by atoms with Crippen LogP contribution < -0.4 is 0 Å². The maximum atomic E-state index is 5.47. The van der Waals surface area contributed by atoms with Gasteiger partial charge in [0.15, 0.2) is 17.5 Å². The second-order valence-corrected chi connectivity index (χ2v) is 12.5. The third-order valence-electron chi connectivity index (χ3n) is 10.4. The van der Waals surface area contributed by atoms with Crippen LogP contribution in [0.4, 0.5) is 0 Å². The Balaban J connectivity index is 1.41. The van der Waals surface area contributed by atoms with E-state index in [1.807, 2.05) is 0 Å². The van der Waals surface area contributed by atoms with Crippen LogP contribution in [0, 0.1) is 23.7 Å². The molecule has 4 aromatic carbocycles. The molecule has 4 aliphatic carbocycles. The van der Waals surface area contributed by atoms with Crippen LogP contribution in [-0.2, 0) is 5.54 Å². The number of aromatic nitrogens is 4. The summed E-state index contributed by atoms with van der Waals surface area (Å²) in [5, 5.41) is 2.63. The van der Waals surface area contributed by atoms with Crippen molar-refractivity contribution in [3.8, 4) is 22.8 Å². The van der Waals surface area contributed by atoms with Gasteiger partial charge in [-0.25, -0.2) is 15.0 Å². The molecule has 10 rings (SSSR count). The maximum Gasteiger partial charge on any atom is 0.163 e. The first kappa shape index (κ1) is 23.4. The second-order valence-electron chi connectivity index (χ2n) is 12.5. The summed E-state index contributed by atoms with van der Waals surface area (Å²) >= 11 is 0. The molecule has 0 atom stereocenters. The molecule has 4 nitrogen and oxygen atoms in total. The predicted octanol–water partition coefficient (Wildman–Crippen LogP) is 8.51. The van der Waals surface area contributed by atoms with Gasteiger partial charge >= 0.3 is 0 Å². The van der Waals surface area contributed by atoms with Crippen molar-refractivity contribution in [2.45, 2.75) is 37.6 Å². The molecule has 0 N–H and O–H groups in total. The molecule has 4 fully saturated rings. The fraction of sp³-hybridized carbons (Fsp3) is 0.270. The second kappa shape index (κ2) is 8.84. The van der Waals surface area contributed by atoms with E-state index in [0.717, 1.165) is 40.4 Å². The lowest BCUT2D eigenvalue weighted by Gasteiger charge is -2.61. The van der Waals surface area contributed by atoms with Crippen LogP contribution in [0.2, 0.25) is 0 Å². The summed E-state index contributed by atoms with van der Waals surface area (Å²) in [6.45, 7) is 0. The van der Waals surface area contributed by atoms with Gasteiger partial charge in [0.25, 0.3) is 0 Å². The summed E-state index contributed by atoms with van der Waals surface area (Å²) in [7, 11) is 0. The molecule has 4 aliphatic rings. The number of para-hydroxylation sites is 2. The van der Waals surface area contributed by atoms with E-state index < -0.39 is 0 Å². The van der Waals surface area contributed by atoms with E-state index in [0.29, 0.717) is 11.8 Å². The van der Waals surface area contributed by atoms with E-state index in [4.69, 9.17) is 15.0 Å². The number of rotatable bonds is 4. The molecule has 4 bridgehead atoms. The molecule has 0 saturated heterocycles. The van der Waals surface area contributed by atoms with E-state index in [2.05, 4.69) is 114 Å². The quantitative estimate of drug-likeness (QED) is 0.229. The molecule has 200 valence electrons. The molecule has 0 unspecified atom stereocenters. The standard InChI is InChI=1S/C37H32N4/c1-3-11-26(12-4-1)34-38-35(27-13-5-2-6-14-27)40-36(39-34)37(28-20-24-19-25(22-28)23-29(37)21-24)41-32-17-9-7-15-30(32)31-16-8-10-18-33(31)41/h1-18,24-25,28-29H,19-23H2. The first-order valence-corrected chi connectivity index (χ1v) is 15.1. The first-order valence-electron chi connectivity index (χ1n) is 15.1. The monoisotopic (exact) mass is 532 g/mol. The Morgan fingerprint density at radius 3 is 1.41 bits per heavy atom. The van der Waals surface area contributed by atoms with E-state index >= 15 is 0 Å². The van der Waals surface area contributed by atoms with Gasteiger partial charge < -0.3 is 4.57 Å². The van der Waals surface area contributed by atoms with Crippen LogP contribution in [0.1, 0.15) is 37.9 Å². The lowest BCUT2D eigenvalue weighted by molar-refractivity contribution is -0.0760. The van der Waals surface area contributed by atoms with Crippen molar-refractivity contribution >= 4 is 21.8 Å². The molecule has 0 amide bonds. The zero-order chi connectivity index (χ0) is 27.0. The van der Waals surface area contributed by atoms with Crippen LogP contribution in [0.5, 0.6) is 0 Å². The third-order valence-corrected chi connectivity index (χ3v) is 10.4. The fourth-order valence-electron chi connectivity index (χ4n) is 9.04. The molecule has 4 heteroatoms. The Bertz CT molecular complexity index is 1770. The smallest absolute Gasteiger partial charge is 0.163 e. The van der Waals surface area contributed by atoms with E-state index in [-0.39, 0.29) is 5.54 Å².